The van der Waals surface area contributed by atoms with Gasteiger partial charge in [-0.15, -0.1) is 0 Å². The second-order valence-electron chi connectivity index (χ2n) is 6.02. The molecular formula is C19H15Cl2N3O5. The van der Waals surface area contributed by atoms with Crippen molar-refractivity contribution in [2.45, 2.75) is 6.54 Å². The molecule has 1 N–H and O–H groups in total. The molecule has 29 heavy (non-hydrogen) atoms. The third kappa shape index (κ3) is 4.33. The van der Waals surface area contributed by atoms with Crippen molar-refractivity contribution in [3.63, 3.8) is 0 Å². The molecule has 0 unspecified atom stereocenters. The highest BCUT2D eigenvalue weighted by molar-refractivity contribution is 6.53. The van der Waals surface area contributed by atoms with Crippen molar-refractivity contribution < 1.29 is 23.9 Å². The van der Waals surface area contributed by atoms with Gasteiger partial charge in [-0.2, -0.15) is 0 Å². The molecule has 0 radical (unpaired) electrons. The Balaban J connectivity index is 1.67. The van der Waals surface area contributed by atoms with E-state index in [4.69, 9.17) is 27.9 Å². The predicted molar refractivity (Wildman–Crippen MR) is 106 cm³/mol. The fraction of sp³-hybridized carbons (Fsp3) is 0.158. The van der Waals surface area contributed by atoms with Gasteiger partial charge in [-0.3, -0.25) is 14.4 Å². The molecule has 5 amide bonds. The highest BCUT2D eigenvalue weighted by atomic mass is 35.5. The van der Waals surface area contributed by atoms with Crippen molar-refractivity contribution in [3.05, 3.63) is 58.1 Å². The first kappa shape index (κ1) is 20.6. The van der Waals surface area contributed by atoms with Crippen molar-refractivity contribution in [3.8, 4) is 5.75 Å². The van der Waals surface area contributed by atoms with E-state index in [0.29, 0.717) is 31.2 Å². The minimum absolute atomic E-state index is 0.0706. The Bertz CT molecular complexity index is 994. The topological polar surface area (TPSA) is 96.0 Å². The summed E-state index contributed by atoms with van der Waals surface area (Å²) in [6, 6.07) is 9.92. The predicted octanol–water partition coefficient (Wildman–Crippen LogP) is 2.61. The number of nitrogens with one attached hydrogen (secondary N) is 1. The monoisotopic (exact) mass is 435 g/mol. The summed E-state index contributed by atoms with van der Waals surface area (Å²) in [5.41, 5.74) is 0.810. The maximum absolute atomic E-state index is 12.5. The molecule has 3 rings (SSSR count). The zero-order chi connectivity index (χ0) is 21.1. The Kier molecular flexibility index (Phi) is 6.05. The summed E-state index contributed by atoms with van der Waals surface area (Å²) in [6.45, 7) is -0.525. The first-order valence-corrected chi connectivity index (χ1v) is 9.12. The smallest absolute Gasteiger partial charge is 0.339 e. The normalized spacial score (nSPS) is 13.8. The van der Waals surface area contributed by atoms with Crippen LogP contribution in [0.1, 0.15) is 5.56 Å². The average Bonchev–Trinajstić information content (AvgIpc) is 2.91. The largest absolute Gasteiger partial charge is 0.497 e. The molecule has 1 fully saturated rings. The summed E-state index contributed by atoms with van der Waals surface area (Å²) in [7, 11) is 1.47. The highest BCUT2D eigenvalue weighted by Crippen LogP contribution is 2.25. The number of hydrogen-bond donors (Lipinski definition) is 1. The van der Waals surface area contributed by atoms with E-state index >= 15 is 0 Å². The van der Waals surface area contributed by atoms with Gasteiger partial charge in [0.05, 0.1) is 12.8 Å². The molecule has 1 saturated heterocycles. The molecule has 2 aromatic carbocycles. The number of amides is 5. The number of urea groups is 1. The second kappa shape index (κ2) is 8.50. The summed E-state index contributed by atoms with van der Waals surface area (Å²) in [4.78, 5) is 50.5. The number of hydrogen-bond acceptors (Lipinski definition) is 5. The molecule has 150 valence electrons. The molecule has 1 aliphatic rings. The van der Waals surface area contributed by atoms with Gasteiger partial charge in [0.15, 0.2) is 0 Å². The van der Waals surface area contributed by atoms with Gasteiger partial charge in [0.1, 0.15) is 12.3 Å². The van der Waals surface area contributed by atoms with Crippen molar-refractivity contribution in [1.29, 1.82) is 0 Å². The van der Waals surface area contributed by atoms with Gasteiger partial charge >= 0.3 is 17.8 Å². The molecule has 0 spiro atoms. The number of halogens is 2. The standard InChI is InChI=1S/C19H15Cl2N3O5/c1-29-14-6-4-13(5-7-14)24-18(27)17(26)23(19(24)28)10-16(25)22-9-11-2-3-12(20)8-15(11)21/h2-8H,9-10H2,1H3,(H,22,25). The molecular weight excluding hydrogens is 421 g/mol. The summed E-state index contributed by atoms with van der Waals surface area (Å²) >= 11 is 11.9. The van der Waals surface area contributed by atoms with Crippen molar-refractivity contribution in [1.82, 2.24) is 10.2 Å². The molecule has 10 heteroatoms. The lowest BCUT2D eigenvalue weighted by Crippen LogP contribution is -2.41. The number of imide groups is 2. The lowest BCUT2D eigenvalue weighted by Gasteiger charge is -2.16. The quantitative estimate of drug-likeness (QED) is 0.555. The van der Waals surface area contributed by atoms with Gasteiger partial charge in [0.2, 0.25) is 5.91 Å². The Hall–Kier alpha value is -3.10. The fourth-order valence-corrected chi connectivity index (χ4v) is 3.14. The fourth-order valence-electron chi connectivity index (χ4n) is 2.66. The summed E-state index contributed by atoms with van der Waals surface area (Å²) in [5, 5.41) is 3.37. The minimum Gasteiger partial charge on any atom is -0.497 e. The third-order valence-corrected chi connectivity index (χ3v) is 4.76. The van der Waals surface area contributed by atoms with Crippen LogP contribution < -0.4 is 15.0 Å². The van der Waals surface area contributed by atoms with Gasteiger partial charge in [-0.05, 0) is 42.0 Å². The van der Waals surface area contributed by atoms with E-state index in [1.165, 1.54) is 25.3 Å². The van der Waals surface area contributed by atoms with Crippen LogP contribution >= 0.6 is 23.2 Å². The van der Waals surface area contributed by atoms with Crippen molar-refractivity contribution in [2.24, 2.45) is 0 Å². The van der Waals surface area contributed by atoms with E-state index < -0.39 is 30.3 Å². The van der Waals surface area contributed by atoms with Crippen LogP contribution in [-0.4, -0.2) is 42.3 Å². The Morgan fingerprint density at radius 2 is 1.72 bits per heavy atom. The van der Waals surface area contributed by atoms with E-state index in [9.17, 15) is 19.2 Å². The Labute approximate surface area is 175 Å². The maximum atomic E-state index is 12.5. The average molecular weight is 436 g/mol. The van der Waals surface area contributed by atoms with E-state index in [-0.39, 0.29) is 12.2 Å². The summed E-state index contributed by atoms with van der Waals surface area (Å²) < 4.78 is 5.02. The number of anilines is 1. The maximum Gasteiger partial charge on any atom is 0.339 e. The van der Waals surface area contributed by atoms with Crippen LogP contribution in [0.25, 0.3) is 0 Å². The lowest BCUT2D eigenvalue weighted by molar-refractivity contribution is -0.140. The van der Waals surface area contributed by atoms with Gasteiger partial charge in [-0.1, -0.05) is 29.3 Å². The van der Waals surface area contributed by atoms with Crippen LogP contribution in [0.3, 0.4) is 0 Å². The second-order valence-corrected chi connectivity index (χ2v) is 6.87. The van der Waals surface area contributed by atoms with Crippen LogP contribution in [0.5, 0.6) is 5.75 Å². The van der Waals surface area contributed by atoms with E-state index in [2.05, 4.69) is 5.32 Å². The first-order chi connectivity index (χ1) is 13.8. The molecule has 0 aromatic heterocycles. The number of rotatable bonds is 6. The molecule has 1 aliphatic heterocycles. The van der Waals surface area contributed by atoms with E-state index in [0.717, 1.165) is 0 Å². The number of methoxy groups -OCH3 is 1. The van der Waals surface area contributed by atoms with Crippen LogP contribution in [0.15, 0.2) is 42.5 Å². The number of carbonyl (C=O) groups is 4. The van der Waals surface area contributed by atoms with Gasteiger partial charge < -0.3 is 10.1 Å². The van der Waals surface area contributed by atoms with Crippen LogP contribution in [-0.2, 0) is 20.9 Å². The zero-order valence-corrected chi connectivity index (χ0v) is 16.7. The minimum atomic E-state index is -1.08. The SMILES string of the molecule is COc1ccc(N2C(=O)C(=O)N(CC(=O)NCc3ccc(Cl)cc3Cl)C2=O)cc1. The van der Waals surface area contributed by atoms with Crippen LogP contribution in [0.2, 0.25) is 10.0 Å². The molecule has 8 nitrogen and oxygen atoms in total. The number of benzene rings is 2. The number of carbonyl (C=O) groups excluding carboxylic acids is 4. The molecule has 0 atom stereocenters. The Morgan fingerprint density at radius 3 is 2.34 bits per heavy atom. The molecule has 0 aliphatic carbocycles. The van der Waals surface area contributed by atoms with Crippen molar-refractivity contribution in [2.75, 3.05) is 18.6 Å². The van der Waals surface area contributed by atoms with Gasteiger partial charge in [-0.25, -0.2) is 14.6 Å². The van der Waals surface area contributed by atoms with Gasteiger partial charge in [0.25, 0.3) is 0 Å². The molecule has 2 aromatic rings. The summed E-state index contributed by atoms with van der Waals surface area (Å²) in [5.74, 6) is -2.21. The Morgan fingerprint density at radius 1 is 1.03 bits per heavy atom. The number of ether oxygens (including phenoxy) is 1. The third-order valence-electron chi connectivity index (χ3n) is 4.18. The molecule has 0 bridgehead atoms. The molecule has 1 heterocycles. The first-order valence-electron chi connectivity index (χ1n) is 8.36. The highest BCUT2D eigenvalue weighted by Gasteiger charge is 2.46. The van der Waals surface area contributed by atoms with Crippen LogP contribution in [0.4, 0.5) is 10.5 Å². The summed E-state index contributed by atoms with van der Waals surface area (Å²) in [6.07, 6.45) is 0. The van der Waals surface area contributed by atoms with E-state index in [1.54, 1.807) is 24.3 Å². The van der Waals surface area contributed by atoms with E-state index in [1.807, 2.05) is 0 Å². The zero-order valence-electron chi connectivity index (χ0n) is 15.1. The van der Waals surface area contributed by atoms with Gasteiger partial charge in [0, 0.05) is 16.6 Å². The van der Waals surface area contributed by atoms with Crippen LogP contribution in [0, 0.1) is 0 Å². The van der Waals surface area contributed by atoms with Crippen molar-refractivity contribution >= 4 is 52.6 Å². The number of nitrogens with zero attached hydrogens (tertiary/aromatic N) is 2. The molecule has 0 saturated carbocycles. The lowest BCUT2D eigenvalue weighted by atomic mass is 10.2.